The third-order valence-corrected chi connectivity index (χ3v) is 3.45. The van der Waals surface area contributed by atoms with Crippen molar-refractivity contribution in [1.29, 1.82) is 0 Å². The van der Waals surface area contributed by atoms with E-state index in [0.717, 1.165) is 31.4 Å². The molecule has 1 N–H and O–H groups in total. The van der Waals surface area contributed by atoms with Gasteiger partial charge in [-0.05, 0) is 36.1 Å². The fourth-order valence-corrected chi connectivity index (χ4v) is 2.51. The molecule has 0 saturated carbocycles. The number of hydrogen-bond acceptors (Lipinski definition) is 2. The highest BCUT2D eigenvalue weighted by Gasteiger charge is 2.15. The van der Waals surface area contributed by atoms with E-state index < -0.39 is 0 Å². The molecule has 1 aromatic carbocycles. The number of fused-ring (bicyclic) bond motifs is 1. The molecular formula is C15H21NO. The maximum Gasteiger partial charge on any atom is 0.163 e. The average molecular weight is 231 g/mol. The van der Waals surface area contributed by atoms with E-state index in [-0.39, 0.29) is 0 Å². The monoisotopic (exact) mass is 231 g/mol. The molecular weight excluding hydrogens is 210 g/mol. The van der Waals surface area contributed by atoms with E-state index in [1.807, 2.05) is 12.1 Å². The SMILES string of the molecule is CCCC(C)CC(=O)c1ccc2c(c1)CCN2. The Kier molecular flexibility index (Phi) is 3.82. The number of nitrogens with one attached hydrogen (secondary N) is 1. The van der Waals surface area contributed by atoms with Gasteiger partial charge in [0.15, 0.2) is 5.78 Å². The summed E-state index contributed by atoms with van der Waals surface area (Å²) in [7, 11) is 0. The molecule has 0 amide bonds. The van der Waals surface area contributed by atoms with Gasteiger partial charge in [0.1, 0.15) is 0 Å². The van der Waals surface area contributed by atoms with E-state index in [9.17, 15) is 4.79 Å². The molecule has 92 valence electrons. The molecule has 0 radical (unpaired) electrons. The zero-order valence-corrected chi connectivity index (χ0v) is 10.8. The summed E-state index contributed by atoms with van der Waals surface area (Å²) in [5.74, 6) is 0.791. The summed E-state index contributed by atoms with van der Waals surface area (Å²) in [6.45, 7) is 5.33. The van der Waals surface area contributed by atoms with Gasteiger partial charge in [0.2, 0.25) is 0 Å². The Morgan fingerprint density at radius 3 is 3.06 bits per heavy atom. The minimum Gasteiger partial charge on any atom is -0.384 e. The van der Waals surface area contributed by atoms with Crippen molar-refractivity contribution < 1.29 is 4.79 Å². The van der Waals surface area contributed by atoms with Crippen molar-refractivity contribution in [2.24, 2.45) is 5.92 Å². The number of anilines is 1. The topological polar surface area (TPSA) is 29.1 Å². The van der Waals surface area contributed by atoms with Crippen LogP contribution in [0.5, 0.6) is 0 Å². The molecule has 1 heterocycles. The van der Waals surface area contributed by atoms with E-state index >= 15 is 0 Å². The zero-order valence-electron chi connectivity index (χ0n) is 10.8. The zero-order chi connectivity index (χ0) is 12.3. The summed E-state index contributed by atoms with van der Waals surface area (Å²) in [6, 6.07) is 6.06. The third-order valence-electron chi connectivity index (χ3n) is 3.45. The first-order valence-electron chi connectivity index (χ1n) is 6.60. The Labute approximate surface area is 103 Å². The number of benzene rings is 1. The fourth-order valence-electron chi connectivity index (χ4n) is 2.51. The second-order valence-electron chi connectivity index (χ2n) is 5.07. The summed E-state index contributed by atoms with van der Waals surface area (Å²) in [5, 5.41) is 3.32. The molecule has 0 bridgehead atoms. The second kappa shape index (κ2) is 5.35. The van der Waals surface area contributed by atoms with Gasteiger partial charge in [-0.25, -0.2) is 0 Å². The number of hydrogen-bond donors (Lipinski definition) is 1. The number of carbonyl (C=O) groups excluding carboxylic acids is 1. The molecule has 2 rings (SSSR count). The number of ketones is 1. The van der Waals surface area contributed by atoms with Crippen LogP contribution in [0, 0.1) is 5.92 Å². The number of carbonyl (C=O) groups is 1. The van der Waals surface area contributed by atoms with Crippen LogP contribution < -0.4 is 5.32 Å². The predicted octanol–water partition coefficient (Wildman–Crippen LogP) is 3.66. The number of rotatable bonds is 5. The Bertz CT molecular complexity index is 411. The molecule has 1 atom stereocenters. The van der Waals surface area contributed by atoms with Gasteiger partial charge in [0.05, 0.1) is 0 Å². The van der Waals surface area contributed by atoms with Crippen LogP contribution in [0.25, 0.3) is 0 Å². The quantitative estimate of drug-likeness (QED) is 0.783. The van der Waals surface area contributed by atoms with Crippen molar-refractivity contribution in [2.75, 3.05) is 11.9 Å². The lowest BCUT2D eigenvalue weighted by molar-refractivity contribution is 0.0962. The molecule has 0 fully saturated rings. The summed E-state index contributed by atoms with van der Waals surface area (Å²) < 4.78 is 0. The molecule has 1 aliphatic rings. The maximum absolute atomic E-state index is 12.1. The van der Waals surface area contributed by atoms with Crippen LogP contribution >= 0.6 is 0 Å². The molecule has 0 aromatic heterocycles. The van der Waals surface area contributed by atoms with Crippen molar-refractivity contribution in [2.45, 2.75) is 39.5 Å². The molecule has 0 saturated heterocycles. The summed E-state index contributed by atoms with van der Waals surface area (Å²) >= 11 is 0. The van der Waals surface area contributed by atoms with Crippen molar-refractivity contribution in [3.8, 4) is 0 Å². The van der Waals surface area contributed by atoms with Gasteiger partial charge >= 0.3 is 0 Å². The van der Waals surface area contributed by atoms with Gasteiger partial charge < -0.3 is 5.32 Å². The lowest BCUT2D eigenvalue weighted by Gasteiger charge is -2.09. The van der Waals surface area contributed by atoms with Crippen LogP contribution in [-0.4, -0.2) is 12.3 Å². The fraction of sp³-hybridized carbons (Fsp3) is 0.533. The summed E-state index contributed by atoms with van der Waals surface area (Å²) in [5.41, 5.74) is 3.37. The summed E-state index contributed by atoms with van der Waals surface area (Å²) in [6.07, 6.45) is 4.02. The first kappa shape index (κ1) is 12.2. The average Bonchev–Trinajstić information content (AvgIpc) is 2.75. The van der Waals surface area contributed by atoms with Gasteiger partial charge in [0, 0.05) is 24.2 Å². The highest BCUT2D eigenvalue weighted by atomic mass is 16.1. The molecule has 2 heteroatoms. The Morgan fingerprint density at radius 1 is 1.47 bits per heavy atom. The Hall–Kier alpha value is -1.31. The Balaban J connectivity index is 2.04. The third kappa shape index (κ3) is 2.87. The van der Waals surface area contributed by atoms with Crippen molar-refractivity contribution >= 4 is 11.5 Å². The van der Waals surface area contributed by atoms with Gasteiger partial charge in [-0.15, -0.1) is 0 Å². The largest absolute Gasteiger partial charge is 0.384 e. The highest BCUT2D eigenvalue weighted by Crippen LogP contribution is 2.24. The molecule has 17 heavy (non-hydrogen) atoms. The van der Waals surface area contributed by atoms with Gasteiger partial charge in [0.25, 0.3) is 0 Å². The molecule has 1 unspecified atom stereocenters. The van der Waals surface area contributed by atoms with E-state index in [4.69, 9.17) is 0 Å². The minimum atomic E-state index is 0.292. The van der Waals surface area contributed by atoms with Crippen LogP contribution in [0.4, 0.5) is 5.69 Å². The van der Waals surface area contributed by atoms with Crippen LogP contribution in [0.2, 0.25) is 0 Å². The van der Waals surface area contributed by atoms with Gasteiger partial charge in [-0.2, -0.15) is 0 Å². The van der Waals surface area contributed by atoms with E-state index in [2.05, 4.69) is 25.2 Å². The van der Waals surface area contributed by atoms with E-state index in [1.54, 1.807) is 0 Å². The molecule has 1 aromatic rings. The van der Waals surface area contributed by atoms with E-state index in [0.29, 0.717) is 18.1 Å². The maximum atomic E-state index is 12.1. The van der Waals surface area contributed by atoms with Gasteiger partial charge in [-0.3, -0.25) is 4.79 Å². The predicted molar refractivity (Wildman–Crippen MR) is 71.7 cm³/mol. The van der Waals surface area contributed by atoms with Crippen LogP contribution in [-0.2, 0) is 6.42 Å². The van der Waals surface area contributed by atoms with Crippen LogP contribution in [0.1, 0.15) is 49.0 Å². The molecule has 1 aliphatic heterocycles. The summed E-state index contributed by atoms with van der Waals surface area (Å²) in [4.78, 5) is 12.1. The van der Waals surface area contributed by atoms with Crippen molar-refractivity contribution in [3.05, 3.63) is 29.3 Å². The lowest BCUT2D eigenvalue weighted by Crippen LogP contribution is -2.06. The van der Waals surface area contributed by atoms with Crippen molar-refractivity contribution in [3.63, 3.8) is 0 Å². The van der Waals surface area contributed by atoms with Gasteiger partial charge in [-0.1, -0.05) is 26.7 Å². The molecule has 0 spiro atoms. The smallest absolute Gasteiger partial charge is 0.163 e. The Morgan fingerprint density at radius 2 is 2.29 bits per heavy atom. The normalized spacial score (nSPS) is 15.2. The molecule has 0 aliphatic carbocycles. The van der Waals surface area contributed by atoms with Crippen LogP contribution in [0.15, 0.2) is 18.2 Å². The lowest BCUT2D eigenvalue weighted by atomic mass is 9.95. The highest BCUT2D eigenvalue weighted by molar-refractivity contribution is 5.96. The molecule has 2 nitrogen and oxygen atoms in total. The second-order valence-corrected chi connectivity index (χ2v) is 5.07. The standard InChI is InChI=1S/C15H21NO/c1-3-4-11(2)9-15(17)13-5-6-14-12(10-13)7-8-16-14/h5-6,10-11,16H,3-4,7-9H2,1-2H3. The minimum absolute atomic E-state index is 0.292. The first-order chi connectivity index (χ1) is 8.20. The van der Waals surface area contributed by atoms with Crippen LogP contribution in [0.3, 0.4) is 0 Å². The first-order valence-corrected chi connectivity index (χ1v) is 6.60. The van der Waals surface area contributed by atoms with Crippen molar-refractivity contribution in [1.82, 2.24) is 0 Å². The van der Waals surface area contributed by atoms with E-state index in [1.165, 1.54) is 11.3 Å². The number of Topliss-reactive ketones (excluding diaryl/α,β-unsaturated/α-hetero) is 1.